The monoisotopic (exact) mass is 512 g/mol. The maximum Gasteiger partial charge on any atom is 0.285 e. The van der Waals surface area contributed by atoms with Crippen molar-refractivity contribution in [1.82, 2.24) is 24.8 Å². The maximum absolute atomic E-state index is 11.9. The molecule has 1 fully saturated rings. The van der Waals surface area contributed by atoms with Crippen LogP contribution in [0.15, 0.2) is 48.8 Å². The number of ether oxygens (including phenoxy) is 1. The number of nitrogens with one attached hydrogen (secondary N) is 1. The van der Waals surface area contributed by atoms with E-state index in [1.54, 1.807) is 18.3 Å². The number of anilines is 1. The third-order valence-corrected chi connectivity index (χ3v) is 6.15. The van der Waals surface area contributed by atoms with Crippen molar-refractivity contribution in [3.05, 3.63) is 60.0 Å². The molecule has 0 saturated carbocycles. The second kappa shape index (κ2) is 10.9. The largest absolute Gasteiger partial charge is 0.506 e. The normalized spacial score (nSPS) is 14.4. The van der Waals surface area contributed by atoms with E-state index in [4.69, 9.17) is 4.74 Å². The van der Waals surface area contributed by atoms with Crippen molar-refractivity contribution in [2.45, 2.75) is 13.5 Å². The molecule has 36 heavy (non-hydrogen) atoms. The van der Waals surface area contributed by atoms with Gasteiger partial charge in [-0.15, -0.1) is 10.2 Å². The number of carbonyl (C=O) groups excluding carboxylic acids is 1. The molecule has 1 saturated heterocycles. The lowest BCUT2D eigenvalue weighted by Gasteiger charge is -2.35. The Labute approximate surface area is 209 Å². The summed E-state index contributed by atoms with van der Waals surface area (Å²) >= 11 is 0. The molecule has 1 amide bonds. The Balaban J connectivity index is 1.40. The van der Waals surface area contributed by atoms with E-state index < -0.39 is 15.9 Å². The highest BCUT2D eigenvalue weighted by molar-refractivity contribution is 7.89. The predicted octanol–water partition coefficient (Wildman–Crippen LogP) is 1.65. The molecular formula is C24H28N6O5S. The van der Waals surface area contributed by atoms with Crippen LogP contribution < -0.4 is 14.4 Å². The van der Waals surface area contributed by atoms with E-state index in [2.05, 4.69) is 31.0 Å². The van der Waals surface area contributed by atoms with Crippen molar-refractivity contribution in [3.8, 4) is 22.6 Å². The second-order valence-corrected chi connectivity index (χ2v) is 10.2. The summed E-state index contributed by atoms with van der Waals surface area (Å²) in [5, 5.41) is 17.8. The van der Waals surface area contributed by atoms with E-state index in [0.29, 0.717) is 12.4 Å². The molecule has 0 bridgehead atoms. The first-order valence-corrected chi connectivity index (χ1v) is 13.3. The molecule has 2 aromatic heterocycles. The number of nitrogens with zero attached hydrogens (tertiary/aromatic N) is 5. The number of aromatic nitrogens is 3. The van der Waals surface area contributed by atoms with Crippen molar-refractivity contribution in [3.63, 3.8) is 0 Å². The Bertz CT molecular complexity index is 1330. The summed E-state index contributed by atoms with van der Waals surface area (Å²) in [7, 11) is -3.67. The van der Waals surface area contributed by atoms with Crippen LogP contribution in [0.1, 0.15) is 23.0 Å². The van der Waals surface area contributed by atoms with Crippen molar-refractivity contribution in [1.29, 1.82) is 0 Å². The lowest BCUT2D eigenvalue weighted by Crippen LogP contribution is -2.46. The summed E-state index contributed by atoms with van der Waals surface area (Å²) in [4.78, 5) is 20.4. The summed E-state index contributed by atoms with van der Waals surface area (Å²) in [5.74, 6) is 0.695. The van der Waals surface area contributed by atoms with Gasteiger partial charge in [0.2, 0.25) is 10.0 Å². The van der Waals surface area contributed by atoms with Crippen molar-refractivity contribution in [2.75, 3.05) is 43.9 Å². The van der Waals surface area contributed by atoms with Crippen molar-refractivity contribution < 1.29 is 23.1 Å². The average Bonchev–Trinajstić information content (AvgIpc) is 2.84. The van der Waals surface area contributed by atoms with Crippen LogP contribution in [0.4, 0.5) is 5.82 Å². The standard InChI is InChI=1S/C24H28N6O5S/c1-3-35-21-11-17(10-18(13-21)19-12-20(31)15-25-14-19)16-29-6-8-30(9-7-29)23-5-4-22(26-27-23)24(32)28-36(2,33)34/h4-5,10-15,31H,3,6-9,16H2,1-2H3,(H,28,32). The van der Waals surface area contributed by atoms with E-state index in [1.165, 1.54) is 12.3 Å². The summed E-state index contributed by atoms with van der Waals surface area (Å²) < 4.78 is 30.1. The first-order chi connectivity index (χ1) is 17.2. The average molecular weight is 513 g/mol. The van der Waals surface area contributed by atoms with Crippen LogP contribution in [-0.2, 0) is 16.6 Å². The number of sulfonamides is 1. The van der Waals surface area contributed by atoms with Gasteiger partial charge in [0.05, 0.1) is 19.1 Å². The third-order valence-electron chi connectivity index (χ3n) is 5.60. The van der Waals surface area contributed by atoms with Gasteiger partial charge in [-0.1, -0.05) is 0 Å². The van der Waals surface area contributed by atoms with Gasteiger partial charge in [-0.25, -0.2) is 13.1 Å². The van der Waals surface area contributed by atoms with Gasteiger partial charge in [0.15, 0.2) is 11.5 Å². The minimum Gasteiger partial charge on any atom is -0.506 e. The third kappa shape index (κ3) is 6.67. The van der Waals surface area contributed by atoms with Gasteiger partial charge in [0.1, 0.15) is 11.5 Å². The van der Waals surface area contributed by atoms with Crippen LogP contribution in [0.5, 0.6) is 11.5 Å². The molecule has 2 N–H and O–H groups in total. The molecule has 1 aromatic carbocycles. The molecule has 11 nitrogen and oxygen atoms in total. The fourth-order valence-corrected chi connectivity index (χ4v) is 4.42. The Morgan fingerprint density at radius 2 is 1.83 bits per heavy atom. The first kappa shape index (κ1) is 25.3. The number of aromatic hydroxyl groups is 1. The number of hydrogen-bond acceptors (Lipinski definition) is 10. The van der Waals surface area contributed by atoms with Gasteiger partial charge >= 0.3 is 0 Å². The maximum atomic E-state index is 11.9. The zero-order valence-corrected chi connectivity index (χ0v) is 20.9. The number of hydrogen-bond donors (Lipinski definition) is 2. The van der Waals surface area contributed by atoms with E-state index in [0.717, 1.165) is 61.4 Å². The Kier molecular flexibility index (Phi) is 7.65. The smallest absolute Gasteiger partial charge is 0.285 e. The summed E-state index contributed by atoms with van der Waals surface area (Å²) in [6.07, 6.45) is 4.02. The molecule has 0 spiro atoms. The first-order valence-electron chi connectivity index (χ1n) is 11.4. The minimum atomic E-state index is -3.67. The molecule has 3 aromatic rings. The Morgan fingerprint density at radius 1 is 1.06 bits per heavy atom. The molecule has 4 rings (SSSR count). The predicted molar refractivity (Wildman–Crippen MR) is 134 cm³/mol. The Hall–Kier alpha value is -3.77. The number of piperazine rings is 1. The van der Waals surface area contributed by atoms with Gasteiger partial charge in [0.25, 0.3) is 5.91 Å². The van der Waals surface area contributed by atoms with E-state index in [1.807, 2.05) is 23.8 Å². The lowest BCUT2D eigenvalue weighted by molar-refractivity contribution is 0.0976. The number of benzene rings is 1. The number of rotatable bonds is 8. The molecule has 0 atom stereocenters. The highest BCUT2D eigenvalue weighted by atomic mass is 32.2. The fourth-order valence-electron chi connectivity index (χ4n) is 3.98. The van der Waals surface area contributed by atoms with Gasteiger partial charge in [0, 0.05) is 44.5 Å². The van der Waals surface area contributed by atoms with E-state index in [9.17, 15) is 18.3 Å². The highest BCUT2D eigenvalue weighted by Crippen LogP contribution is 2.28. The highest BCUT2D eigenvalue weighted by Gasteiger charge is 2.20. The van der Waals surface area contributed by atoms with Crippen LogP contribution in [0, 0.1) is 0 Å². The summed E-state index contributed by atoms with van der Waals surface area (Å²) in [6, 6.07) is 10.9. The Morgan fingerprint density at radius 3 is 2.47 bits per heavy atom. The van der Waals surface area contributed by atoms with Crippen molar-refractivity contribution in [2.24, 2.45) is 0 Å². The summed E-state index contributed by atoms with van der Waals surface area (Å²) in [5.41, 5.74) is 2.77. The van der Waals surface area contributed by atoms with E-state index >= 15 is 0 Å². The molecule has 0 aliphatic carbocycles. The fraction of sp³-hybridized carbons (Fsp3) is 0.333. The molecule has 1 aliphatic heterocycles. The van der Waals surface area contributed by atoms with Gasteiger partial charge < -0.3 is 14.7 Å². The molecule has 12 heteroatoms. The molecule has 0 radical (unpaired) electrons. The lowest BCUT2D eigenvalue weighted by atomic mass is 10.0. The van der Waals surface area contributed by atoms with Gasteiger partial charge in [-0.2, -0.15) is 0 Å². The summed E-state index contributed by atoms with van der Waals surface area (Å²) in [6.45, 7) is 6.24. The van der Waals surface area contributed by atoms with Crippen LogP contribution in [0.25, 0.3) is 11.1 Å². The minimum absolute atomic E-state index is 0.0604. The molecule has 1 aliphatic rings. The number of pyridine rings is 1. The SMILES string of the molecule is CCOc1cc(CN2CCN(c3ccc(C(=O)NS(C)(=O)=O)nn3)CC2)cc(-c2cncc(O)c2)c1. The number of amides is 1. The zero-order valence-electron chi connectivity index (χ0n) is 20.1. The quantitative estimate of drug-likeness (QED) is 0.458. The van der Waals surface area contributed by atoms with Crippen LogP contribution in [-0.4, -0.2) is 78.6 Å². The van der Waals surface area contributed by atoms with Crippen LogP contribution in [0.2, 0.25) is 0 Å². The van der Waals surface area contributed by atoms with Gasteiger partial charge in [-0.05, 0) is 54.4 Å². The second-order valence-electron chi connectivity index (χ2n) is 8.47. The van der Waals surface area contributed by atoms with Crippen LogP contribution in [0.3, 0.4) is 0 Å². The van der Waals surface area contributed by atoms with Crippen molar-refractivity contribution >= 4 is 21.7 Å². The molecule has 190 valence electrons. The zero-order chi connectivity index (χ0) is 25.7. The molecule has 3 heterocycles. The van der Waals surface area contributed by atoms with Crippen LogP contribution >= 0.6 is 0 Å². The molecule has 0 unspecified atom stereocenters. The van der Waals surface area contributed by atoms with E-state index in [-0.39, 0.29) is 11.4 Å². The molecular weight excluding hydrogens is 484 g/mol. The number of carbonyl (C=O) groups is 1. The topological polar surface area (TPSA) is 138 Å². The van der Waals surface area contributed by atoms with Gasteiger partial charge in [-0.3, -0.25) is 14.7 Å².